The molecule has 0 heterocycles. The van der Waals surface area contributed by atoms with Gasteiger partial charge in [-0.15, -0.1) is 0 Å². The van der Waals surface area contributed by atoms with Crippen molar-refractivity contribution in [3.63, 3.8) is 0 Å². The van der Waals surface area contributed by atoms with Gasteiger partial charge in [-0.05, 0) is 42.7 Å². The molecule has 2 aliphatic carbocycles. The van der Waals surface area contributed by atoms with Crippen LogP contribution >= 0.6 is 0 Å². The quantitative estimate of drug-likeness (QED) is 0.909. The van der Waals surface area contributed by atoms with Gasteiger partial charge in [-0.25, -0.2) is 4.79 Å². The van der Waals surface area contributed by atoms with Crippen LogP contribution in [0.5, 0.6) is 0 Å². The van der Waals surface area contributed by atoms with Crippen LogP contribution < -0.4 is 0 Å². The lowest BCUT2D eigenvalue weighted by Gasteiger charge is -2.36. The Labute approximate surface area is 135 Å². The molecular weight excluding hydrogens is 290 g/mol. The second kappa shape index (κ2) is 5.44. The number of aliphatic imine (C=N–C) groups is 1. The molecule has 4 nitrogen and oxygen atoms in total. The van der Waals surface area contributed by atoms with Crippen molar-refractivity contribution in [2.45, 2.75) is 46.1 Å². The van der Waals surface area contributed by atoms with E-state index in [1.54, 1.807) is 0 Å². The topological polar surface area (TPSA) is 66.7 Å². The first-order valence-corrected chi connectivity index (χ1v) is 7.97. The first kappa shape index (κ1) is 15.7. The maximum Gasteiger partial charge on any atom is 0.328 e. The van der Waals surface area contributed by atoms with Crippen LogP contribution in [-0.2, 0) is 9.59 Å². The molecule has 23 heavy (non-hydrogen) atoms. The summed E-state index contributed by atoms with van der Waals surface area (Å²) < 4.78 is 0. The number of hydrogen-bond donors (Lipinski definition) is 1. The number of carboxylic acid groups (broad SMARTS) is 1. The summed E-state index contributed by atoms with van der Waals surface area (Å²) in [5.74, 6) is -1.12. The molecule has 120 valence electrons. The highest BCUT2D eigenvalue weighted by Gasteiger charge is 2.37. The number of rotatable bonds is 2. The minimum Gasteiger partial charge on any atom is -0.480 e. The van der Waals surface area contributed by atoms with Gasteiger partial charge in [-0.3, -0.25) is 9.79 Å². The summed E-state index contributed by atoms with van der Waals surface area (Å²) in [6.07, 6.45) is 2.56. The molecule has 0 aliphatic heterocycles. The number of allylic oxidation sites excluding steroid dienone is 2. The highest BCUT2D eigenvalue weighted by atomic mass is 16.4. The van der Waals surface area contributed by atoms with Crippen LogP contribution in [-0.4, -0.2) is 28.6 Å². The van der Waals surface area contributed by atoms with Gasteiger partial charge in [0.2, 0.25) is 5.78 Å². The Morgan fingerprint density at radius 2 is 1.87 bits per heavy atom. The molecule has 0 saturated carbocycles. The van der Waals surface area contributed by atoms with E-state index in [-0.39, 0.29) is 11.2 Å². The molecule has 1 N–H and O–H groups in total. The average molecular weight is 311 g/mol. The number of fused-ring (bicyclic) bond motifs is 2. The molecule has 2 aliphatic rings. The van der Waals surface area contributed by atoms with Gasteiger partial charge in [-0.2, -0.15) is 0 Å². The van der Waals surface area contributed by atoms with E-state index in [2.05, 4.69) is 18.8 Å². The van der Waals surface area contributed by atoms with Crippen molar-refractivity contribution in [1.82, 2.24) is 0 Å². The van der Waals surface area contributed by atoms with E-state index in [0.29, 0.717) is 5.71 Å². The van der Waals surface area contributed by atoms with E-state index < -0.39 is 12.0 Å². The van der Waals surface area contributed by atoms with Gasteiger partial charge in [0.1, 0.15) is 11.8 Å². The van der Waals surface area contributed by atoms with E-state index >= 15 is 0 Å². The maximum absolute atomic E-state index is 12.9. The fourth-order valence-corrected chi connectivity index (χ4v) is 3.39. The minimum absolute atomic E-state index is 0.0951. The standard InChI is InChI=1S/C19H21NO3/c1-11(18(22)23)20-16-13-7-5-4-6-12(13)15-10-19(2,3)9-8-14(15)17(16)21/h4-7,11H,8-10H2,1-3H3,(H,22,23)/t11-/m1/s1. The molecule has 0 fully saturated rings. The zero-order valence-electron chi connectivity index (χ0n) is 13.7. The zero-order valence-corrected chi connectivity index (χ0v) is 13.7. The normalized spacial score (nSPS) is 22.6. The molecule has 0 spiro atoms. The number of carbonyl (C=O) groups excluding carboxylic acids is 1. The third-order valence-electron chi connectivity index (χ3n) is 4.75. The third-order valence-corrected chi connectivity index (χ3v) is 4.75. The number of carbonyl (C=O) groups is 2. The van der Waals surface area contributed by atoms with E-state index in [1.807, 2.05) is 24.3 Å². The van der Waals surface area contributed by atoms with Gasteiger partial charge < -0.3 is 5.11 Å². The molecule has 1 aromatic carbocycles. The van der Waals surface area contributed by atoms with Crippen LogP contribution in [0.2, 0.25) is 0 Å². The lowest BCUT2D eigenvalue weighted by molar-refractivity contribution is -0.137. The summed E-state index contributed by atoms with van der Waals surface area (Å²) in [5, 5.41) is 9.12. The van der Waals surface area contributed by atoms with Crippen LogP contribution in [0.4, 0.5) is 0 Å². The number of Topliss-reactive ketones (excluding diaryl/α,β-unsaturated/α-hetero) is 1. The summed E-state index contributed by atoms with van der Waals surface area (Å²) in [7, 11) is 0. The Balaban J connectivity index is 2.17. The lowest BCUT2D eigenvalue weighted by Crippen LogP contribution is -2.31. The number of hydrogen-bond acceptors (Lipinski definition) is 3. The fraction of sp³-hybridized carbons (Fsp3) is 0.421. The molecule has 3 rings (SSSR count). The molecule has 1 atom stereocenters. The van der Waals surface area contributed by atoms with E-state index in [4.69, 9.17) is 5.11 Å². The van der Waals surface area contributed by atoms with E-state index in [1.165, 1.54) is 6.92 Å². The molecule has 1 aromatic rings. The van der Waals surface area contributed by atoms with Gasteiger partial charge in [0.25, 0.3) is 0 Å². The fourth-order valence-electron chi connectivity index (χ4n) is 3.39. The summed E-state index contributed by atoms with van der Waals surface area (Å²) in [6.45, 7) is 5.94. The molecule has 0 saturated heterocycles. The smallest absolute Gasteiger partial charge is 0.328 e. The molecule has 0 bridgehead atoms. The second-order valence-electron chi connectivity index (χ2n) is 7.16. The van der Waals surface area contributed by atoms with E-state index in [9.17, 15) is 9.59 Å². The Bertz CT molecular complexity index is 756. The summed E-state index contributed by atoms with van der Waals surface area (Å²) in [5.41, 5.74) is 4.21. The number of benzene rings is 1. The van der Waals surface area contributed by atoms with Gasteiger partial charge >= 0.3 is 5.97 Å². The molecule has 4 heteroatoms. The van der Waals surface area contributed by atoms with Crippen LogP contribution in [0.25, 0.3) is 5.57 Å². The summed E-state index contributed by atoms with van der Waals surface area (Å²) in [4.78, 5) is 28.3. The number of nitrogens with zero attached hydrogens (tertiary/aromatic N) is 1. The van der Waals surface area contributed by atoms with Crippen LogP contribution in [0.1, 0.15) is 51.2 Å². The third kappa shape index (κ3) is 2.74. The highest BCUT2D eigenvalue weighted by Crippen LogP contribution is 2.46. The van der Waals surface area contributed by atoms with Gasteiger partial charge in [-0.1, -0.05) is 38.1 Å². The molecular formula is C19H21NO3. The van der Waals surface area contributed by atoms with Gasteiger partial charge in [0.15, 0.2) is 0 Å². The summed E-state index contributed by atoms with van der Waals surface area (Å²) in [6, 6.07) is 6.78. The molecule has 0 radical (unpaired) electrons. The largest absolute Gasteiger partial charge is 0.480 e. The summed E-state index contributed by atoms with van der Waals surface area (Å²) >= 11 is 0. The van der Waals surface area contributed by atoms with E-state index in [0.717, 1.165) is 41.5 Å². The average Bonchev–Trinajstić information content (AvgIpc) is 2.50. The van der Waals surface area contributed by atoms with Crippen LogP contribution in [0, 0.1) is 5.41 Å². The Kier molecular flexibility index (Phi) is 3.71. The SMILES string of the molecule is C[C@@H](N=C1C(=O)C2=C(CC(C)(C)CC2)c2ccccc21)C(=O)O. The van der Waals surface area contributed by atoms with Crippen molar-refractivity contribution in [3.8, 4) is 0 Å². The Morgan fingerprint density at radius 3 is 2.52 bits per heavy atom. The predicted molar refractivity (Wildman–Crippen MR) is 89.6 cm³/mol. The van der Waals surface area contributed by atoms with Crippen molar-refractivity contribution < 1.29 is 14.7 Å². The van der Waals surface area contributed by atoms with Crippen molar-refractivity contribution in [1.29, 1.82) is 0 Å². The second-order valence-corrected chi connectivity index (χ2v) is 7.16. The molecule has 0 aromatic heterocycles. The Morgan fingerprint density at radius 1 is 1.22 bits per heavy atom. The van der Waals surface area contributed by atoms with Gasteiger partial charge in [0.05, 0.1) is 0 Å². The monoisotopic (exact) mass is 311 g/mol. The van der Waals surface area contributed by atoms with Crippen molar-refractivity contribution >= 4 is 23.0 Å². The number of aliphatic carboxylic acids is 1. The van der Waals surface area contributed by atoms with Crippen molar-refractivity contribution in [2.24, 2.45) is 10.4 Å². The maximum atomic E-state index is 12.9. The van der Waals surface area contributed by atoms with Crippen molar-refractivity contribution in [2.75, 3.05) is 0 Å². The number of carboxylic acids is 1. The van der Waals surface area contributed by atoms with Crippen LogP contribution in [0.15, 0.2) is 34.8 Å². The first-order valence-electron chi connectivity index (χ1n) is 7.97. The van der Waals surface area contributed by atoms with Crippen LogP contribution in [0.3, 0.4) is 0 Å². The predicted octanol–water partition coefficient (Wildman–Crippen LogP) is 3.50. The first-order chi connectivity index (χ1) is 10.8. The zero-order chi connectivity index (χ0) is 16.8. The highest BCUT2D eigenvalue weighted by molar-refractivity contribution is 6.54. The molecule has 0 unspecified atom stereocenters. The lowest BCUT2D eigenvalue weighted by atomic mass is 9.68. The number of ketones is 1. The minimum atomic E-state index is -1.02. The van der Waals surface area contributed by atoms with Crippen molar-refractivity contribution in [3.05, 3.63) is 41.0 Å². The Hall–Kier alpha value is -2.23. The molecule has 0 amide bonds. The van der Waals surface area contributed by atoms with Gasteiger partial charge in [0, 0.05) is 11.1 Å².